The lowest BCUT2D eigenvalue weighted by molar-refractivity contribution is 0.380. The average Bonchev–Trinajstić information content (AvgIpc) is 2.19. The number of aromatic nitrogens is 2. The Balaban J connectivity index is 2.91. The Morgan fingerprint density at radius 1 is 1.53 bits per heavy atom. The summed E-state index contributed by atoms with van der Waals surface area (Å²) >= 11 is 3.10. The molecule has 0 spiro atoms. The zero-order valence-electron chi connectivity index (χ0n) is 7.67. The molecule has 1 N–H and O–H groups in total. The average molecular weight is 273 g/mol. The fourth-order valence-corrected chi connectivity index (χ4v) is 1.67. The number of ether oxygens (including phenoxy) is 1. The number of nitrogens with zero attached hydrogens (tertiary/aromatic N) is 1. The molecular formula is C9H6BrFN2O2. The summed E-state index contributed by atoms with van der Waals surface area (Å²) in [7, 11) is 1.35. The Bertz CT molecular complexity index is 582. The molecule has 0 aliphatic carbocycles. The molecule has 1 aromatic heterocycles. The third kappa shape index (κ3) is 1.72. The lowest BCUT2D eigenvalue weighted by Gasteiger charge is -2.02. The Hall–Kier alpha value is -1.43. The van der Waals surface area contributed by atoms with Gasteiger partial charge in [-0.05, 0) is 12.1 Å². The lowest BCUT2D eigenvalue weighted by atomic mass is 10.2. The van der Waals surface area contributed by atoms with E-state index in [0.29, 0.717) is 4.47 Å². The number of hydrogen-bond donors (Lipinski definition) is 1. The number of nitrogens with one attached hydrogen (secondary N) is 1. The minimum absolute atomic E-state index is 0.00111. The molecule has 0 atom stereocenters. The number of fused-ring (bicyclic) bond motifs is 1. The molecule has 78 valence electrons. The molecule has 0 unspecified atom stereocenters. The van der Waals surface area contributed by atoms with E-state index in [2.05, 4.69) is 25.9 Å². The summed E-state index contributed by atoms with van der Waals surface area (Å²) in [4.78, 5) is 17.7. The molecule has 0 saturated heterocycles. The van der Waals surface area contributed by atoms with Gasteiger partial charge in [-0.15, -0.1) is 0 Å². The topological polar surface area (TPSA) is 55.0 Å². The van der Waals surface area contributed by atoms with Crippen molar-refractivity contribution in [2.45, 2.75) is 0 Å². The second-order valence-corrected chi connectivity index (χ2v) is 3.77. The SMILES string of the molecule is COc1nc2c(F)cc(Br)cc2c(=O)[nH]1. The van der Waals surface area contributed by atoms with Gasteiger partial charge in [0.2, 0.25) is 0 Å². The van der Waals surface area contributed by atoms with E-state index in [1.54, 1.807) is 0 Å². The zero-order chi connectivity index (χ0) is 11.0. The first-order valence-corrected chi connectivity index (χ1v) is 4.84. The van der Waals surface area contributed by atoms with Crippen molar-refractivity contribution >= 4 is 26.8 Å². The van der Waals surface area contributed by atoms with Crippen molar-refractivity contribution in [3.63, 3.8) is 0 Å². The fraction of sp³-hybridized carbons (Fsp3) is 0.111. The van der Waals surface area contributed by atoms with Crippen LogP contribution in [0.2, 0.25) is 0 Å². The smallest absolute Gasteiger partial charge is 0.296 e. The maximum absolute atomic E-state index is 13.4. The second-order valence-electron chi connectivity index (χ2n) is 2.86. The summed E-state index contributed by atoms with van der Waals surface area (Å²) < 4.78 is 18.7. The van der Waals surface area contributed by atoms with Crippen LogP contribution in [0, 0.1) is 5.82 Å². The van der Waals surface area contributed by atoms with Gasteiger partial charge < -0.3 is 4.74 Å². The van der Waals surface area contributed by atoms with Crippen molar-refractivity contribution in [2.75, 3.05) is 7.11 Å². The highest BCUT2D eigenvalue weighted by molar-refractivity contribution is 9.10. The van der Waals surface area contributed by atoms with Crippen LogP contribution in [0.25, 0.3) is 10.9 Å². The van der Waals surface area contributed by atoms with Crippen molar-refractivity contribution in [3.8, 4) is 6.01 Å². The van der Waals surface area contributed by atoms with Crippen LogP contribution in [-0.2, 0) is 0 Å². The molecule has 0 bridgehead atoms. The van der Waals surface area contributed by atoms with Crippen LogP contribution in [-0.4, -0.2) is 17.1 Å². The number of aromatic amines is 1. The first-order chi connectivity index (χ1) is 7.11. The molecule has 0 aliphatic heterocycles. The minimum atomic E-state index is -0.566. The summed E-state index contributed by atoms with van der Waals surface area (Å²) in [5, 5.41) is 0.183. The lowest BCUT2D eigenvalue weighted by Crippen LogP contribution is -2.10. The molecule has 1 aromatic carbocycles. The van der Waals surface area contributed by atoms with Crippen molar-refractivity contribution in [1.29, 1.82) is 0 Å². The van der Waals surface area contributed by atoms with E-state index in [4.69, 9.17) is 4.74 Å². The first kappa shape index (κ1) is 10.1. The van der Waals surface area contributed by atoms with Crippen LogP contribution >= 0.6 is 15.9 Å². The number of benzene rings is 1. The van der Waals surface area contributed by atoms with Crippen molar-refractivity contribution < 1.29 is 9.13 Å². The van der Waals surface area contributed by atoms with Crippen LogP contribution in [0.5, 0.6) is 6.01 Å². The molecule has 0 fully saturated rings. The molecule has 2 rings (SSSR count). The van der Waals surface area contributed by atoms with Crippen LogP contribution in [0.15, 0.2) is 21.4 Å². The van der Waals surface area contributed by atoms with Crippen molar-refractivity contribution in [3.05, 3.63) is 32.8 Å². The van der Waals surface area contributed by atoms with Gasteiger partial charge in [-0.25, -0.2) is 4.39 Å². The Morgan fingerprint density at radius 2 is 2.27 bits per heavy atom. The van der Waals surface area contributed by atoms with Crippen LogP contribution < -0.4 is 10.3 Å². The summed E-state index contributed by atoms with van der Waals surface area (Å²) in [6, 6.07) is 2.74. The predicted octanol–water partition coefficient (Wildman–Crippen LogP) is 1.83. The highest BCUT2D eigenvalue weighted by Gasteiger charge is 2.09. The van der Waals surface area contributed by atoms with Crippen LogP contribution in [0.4, 0.5) is 4.39 Å². The monoisotopic (exact) mass is 272 g/mol. The van der Waals surface area contributed by atoms with E-state index >= 15 is 0 Å². The maximum atomic E-state index is 13.4. The van der Waals surface area contributed by atoms with Gasteiger partial charge in [-0.3, -0.25) is 9.78 Å². The molecule has 0 amide bonds. The molecule has 15 heavy (non-hydrogen) atoms. The number of H-pyrrole nitrogens is 1. The van der Waals surface area contributed by atoms with Crippen molar-refractivity contribution in [2.24, 2.45) is 0 Å². The Morgan fingerprint density at radius 3 is 2.93 bits per heavy atom. The Labute approximate surface area is 92.2 Å². The molecule has 2 aromatic rings. The van der Waals surface area contributed by atoms with E-state index < -0.39 is 11.4 Å². The quantitative estimate of drug-likeness (QED) is 0.862. The number of halogens is 2. The van der Waals surface area contributed by atoms with Crippen molar-refractivity contribution in [1.82, 2.24) is 9.97 Å². The number of rotatable bonds is 1. The minimum Gasteiger partial charge on any atom is -0.468 e. The molecular weight excluding hydrogens is 267 g/mol. The summed E-state index contributed by atoms with van der Waals surface area (Å²) in [6.07, 6.45) is 0. The van der Waals surface area contributed by atoms with Crippen LogP contribution in [0.1, 0.15) is 0 Å². The van der Waals surface area contributed by atoms with Gasteiger partial charge in [-0.2, -0.15) is 4.98 Å². The fourth-order valence-electron chi connectivity index (χ4n) is 1.24. The molecule has 1 heterocycles. The summed E-state index contributed by atoms with van der Waals surface area (Å²) in [5.74, 6) is -0.566. The van der Waals surface area contributed by atoms with Gasteiger partial charge in [0, 0.05) is 4.47 Å². The van der Waals surface area contributed by atoms with E-state index in [0.717, 1.165) is 0 Å². The molecule has 0 radical (unpaired) electrons. The molecule has 0 aliphatic rings. The van der Waals surface area contributed by atoms with E-state index in [1.165, 1.54) is 19.2 Å². The Kier molecular flexibility index (Phi) is 2.44. The van der Waals surface area contributed by atoms with Gasteiger partial charge in [0.15, 0.2) is 5.82 Å². The highest BCUT2D eigenvalue weighted by atomic mass is 79.9. The summed E-state index contributed by atoms with van der Waals surface area (Å²) in [5.41, 5.74) is -0.434. The van der Waals surface area contributed by atoms with E-state index in [-0.39, 0.29) is 16.9 Å². The van der Waals surface area contributed by atoms with Gasteiger partial charge in [0.25, 0.3) is 11.6 Å². The normalized spacial score (nSPS) is 10.6. The highest BCUT2D eigenvalue weighted by Crippen LogP contribution is 2.20. The third-order valence-electron chi connectivity index (χ3n) is 1.90. The third-order valence-corrected chi connectivity index (χ3v) is 2.36. The predicted molar refractivity (Wildman–Crippen MR) is 56.6 cm³/mol. The van der Waals surface area contributed by atoms with E-state index in [9.17, 15) is 9.18 Å². The van der Waals surface area contributed by atoms with Gasteiger partial charge >= 0.3 is 0 Å². The largest absolute Gasteiger partial charge is 0.468 e. The zero-order valence-corrected chi connectivity index (χ0v) is 9.26. The van der Waals surface area contributed by atoms with E-state index in [1.807, 2.05) is 0 Å². The number of hydrogen-bond acceptors (Lipinski definition) is 3. The standard InChI is InChI=1S/C9H6BrFN2O2/c1-15-9-12-7-5(8(14)13-9)2-4(10)3-6(7)11/h2-3H,1H3,(H,12,13,14). The second kappa shape index (κ2) is 3.62. The van der Waals surface area contributed by atoms with Crippen LogP contribution in [0.3, 0.4) is 0 Å². The first-order valence-electron chi connectivity index (χ1n) is 4.05. The molecule has 0 saturated carbocycles. The van der Waals surface area contributed by atoms with Gasteiger partial charge in [0.05, 0.1) is 12.5 Å². The van der Waals surface area contributed by atoms with Gasteiger partial charge in [0.1, 0.15) is 5.52 Å². The molecule has 6 heteroatoms. The maximum Gasteiger partial charge on any atom is 0.296 e. The molecule has 4 nitrogen and oxygen atoms in total. The number of methoxy groups -OCH3 is 1. The van der Waals surface area contributed by atoms with Gasteiger partial charge in [-0.1, -0.05) is 15.9 Å². The summed E-state index contributed by atoms with van der Waals surface area (Å²) in [6.45, 7) is 0.